The smallest absolute Gasteiger partial charge is 0.231 e. The van der Waals surface area contributed by atoms with Crippen molar-refractivity contribution in [1.82, 2.24) is 0 Å². The number of ether oxygens (including phenoxy) is 5. The maximum absolute atomic E-state index is 12.5. The first-order valence-electron chi connectivity index (χ1n) is 8.43. The van der Waals surface area contributed by atoms with E-state index in [1.165, 1.54) is 14.2 Å². The van der Waals surface area contributed by atoms with Crippen LogP contribution in [-0.4, -0.2) is 26.1 Å². The Morgan fingerprint density at radius 1 is 1.24 bits per heavy atom. The topological polar surface area (TPSA) is 146 Å². The second-order valence-corrected chi connectivity index (χ2v) is 6.12. The molecule has 10 heteroatoms. The number of methoxy groups -OCH3 is 2. The van der Waals surface area contributed by atoms with Crippen molar-refractivity contribution in [2.24, 2.45) is 5.73 Å². The molecule has 0 spiro atoms. The SMILES string of the molecule is COc1cc([C@H]2C(C#N)=C(N)Oc3c2oc(CO)cc3=O)c(OC)c2c1OCO2. The van der Waals surface area contributed by atoms with Crippen LogP contribution in [0.4, 0.5) is 0 Å². The van der Waals surface area contributed by atoms with Gasteiger partial charge in [-0.15, -0.1) is 0 Å². The minimum absolute atomic E-state index is 0.00467. The molecule has 29 heavy (non-hydrogen) atoms. The number of rotatable bonds is 4. The summed E-state index contributed by atoms with van der Waals surface area (Å²) in [5, 5.41) is 19.2. The summed E-state index contributed by atoms with van der Waals surface area (Å²) in [6.07, 6.45) is 0. The summed E-state index contributed by atoms with van der Waals surface area (Å²) in [5.41, 5.74) is 5.75. The van der Waals surface area contributed by atoms with Gasteiger partial charge in [0.05, 0.1) is 20.1 Å². The highest BCUT2D eigenvalue weighted by Gasteiger charge is 2.40. The lowest BCUT2D eigenvalue weighted by molar-refractivity contribution is 0.168. The van der Waals surface area contributed by atoms with E-state index in [2.05, 4.69) is 0 Å². The van der Waals surface area contributed by atoms with E-state index in [1.807, 2.05) is 6.07 Å². The molecule has 2 aliphatic heterocycles. The van der Waals surface area contributed by atoms with Crippen molar-refractivity contribution in [2.75, 3.05) is 21.0 Å². The van der Waals surface area contributed by atoms with Crippen LogP contribution in [0.1, 0.15) is 23.0 Å². The number of allylic oxidation sites excluding steroid dienone is 1. The van der Waals surface area contributed by atoms with Crippen LogP contribution in [-0.2, 0) is 6.61 Å². The van der Waals surface area contributed by atoms with Crippen molar-refractivity contribution >= 4 is 0 Å². The van der Waals surface area contributed by atoms with Crippen LogP contribution >= 0.6 is 0 Å². The molecule has 0 unspecified atom stereocenters. The highest BCUT2D eigenvalue weighted by atomic mass is 16.7. The van der Waals surface area contributed by atoms with E-state index in [0.29, 0.717) is 17.1 Å². The molecule has 0 bridgehead atoms. The standard InChI is InChI=1S/C19H16N2O8/c1-24-12-4-9(14(25-2)18-16(12)26-7-27-18)13-10(5-20)19(21)29-15-11(23)3-8(6-22)28-17(13)15/h3-4,13,22H,6-7,21H2,1-2H3/t13-/m0/s1. The minimum Gasteiger partial charge on any atom is -0.493 e. The van der Waals surface area contributed by atoms with E-state index in [-0.39, 0.29) is 47.0 Å². The second kappa shape index (κ2) is 6.96. The molecule has 10 nitrogen and oxygen atoms in total. The molecule has 1 aromatic carbocycles. The zero-order chi connectivity index (χ0) is 20.7. The first-order valence-corrected chi connectivity index (χ1v) is 8.43. The van der Waals surface area contributed by atoms with Crippen molar-refractivity contribution < 1.29 is 33.2 Å². The molecule has 2 aliphatic rings. The monoisotopic (exact) mass is 400 g/mol. The largest absolute Gasteiger partial charge is 0.493 e. The molecule has 0 radical (unpaired) electrons. The van der Waals surface area contributed by atoms with Gasteiger partial charge in [0.15, 0.2) is 17.3 Å². The van der Waals surface area contributed by atoms with Crippen molar-refractivity contribution in [3.05, 3.63) is 50.9 Å². The lowest BCUT2D eigenvalue weighted by Gasteiger charge is -2.26. The summed E-state index contributed by atoms with van der Waals surface area (Å²) >= 11 is 0. The fourth-order valence-corrected chi connectivity index (χ4v) is 3.38. The zero-order valence-electron chi connectivity index (χ0n) is 15.5. The van der Waals surface area contributed by atoms with Crippen LogP contribution < -0.4 is 34.8 Å². The van der Waals surface area contributed by atoms with Gasteiger partial charge >= 0.3 is 0 Å². The third kappa shape index (κ3) is 2.71. The average molecular weight is 400 g/mol. The van der Waals surface area contributed by atoms with Gasteiger partial charge in [0.25, 0.3) is 0 Å². The summed E-state index contributed by atoms with van der Waals surface area (Å²) in [5.74, 6) is -0.158. The summed E-state index contributed by atoms with van der Waals surface area (Å²) < 4.78 is 32.9. The molecule has 0 fully saturated rings. The lowest BCUT2D eigenvalue weighted by atomic mass is 9.86. The highest BCUT2D eigenvalue weighted by Crippen LogP contribution is 2.54. The summed E-state index contributed by atoms with van der Waals surface area (Å²) in [4.78, 5) is 12.5. The maximum Gasteiger partial charge on any atom is 0.231 e. The number of nitrogens with zero attached hydrogens (tertiary/aromatic N) is 1. The van der Waals surface area contributed by atoms with Gasteiger partial charge in [0, 0.05) is 11.6 Å². The Bertz CT molecular complexity index is 1130. The fraction of sp³-hybridized carbons (Fsp3) is 0.263. The molecule has 3 heterocycles. The maximum atomic E-state index is 12.5. The molecule has 0 aliphatic carbocycles. The molecule has 1 atom stereocenters. The van der Waals surface area contributed by atoms with E-state index in [1.54, 1.807) is 6.07 Å². The van der Waals surface area contributed by atoms with Gasteiger partial charge in [-0.25, -0.2) is 0 Å². The molecule has 2 aromatic rings. The van der Waals surface area contributed by atoms with Crippen LogP contribution in [0, 0.1) is 11.3 Å². The van der Waals surface area contributed by atoms with Crippen molar-refractivity contribution in [3.63, 3.8) is 0 Å². The number of aliphatic hydroxyl groups is 1. The number of nitriles is 1. The van der Waals surface area contributed by atoms with E-state index in [9.17, 15) is 15.2 Å². The molecule has 3 N–H and O–H groups in total. The molecule has 0 amide bonds. The Balaban J connectivity index is 2.06. The van der Waals surface area contributed by atoms with E-state index in [4.69, 9.17) is 33.8 Å². The summed E-state index contributed by atoms with van der Waals surface area (Å²) in [6, 6.07) is 4.67. The number of nitrogens with two attached hydrogens (primary N) is 1. The van der Waals surface area contributed by atoms with Crippen LogP contribution in [0.15, 0.2) is 32.8 Å². The fourth-order valence-electron chi connectivity index (χ4n) is 3.38. The quantitative estimate of drug-likeness (QED) is 0.764. The van der Waals surface area contributed by atoms with Gasteiger partial charge in [0.2, 0.25) is 35.4 Å². The van der Waals surface area contributed by atoms with Gasteiger partial charge < -0.3 is 38.9 Å². The highest BCUT2D eigenvalue weighted by molar-refractivity contribution is 5.68. The van der Waals surface area contributed by atoms with Crippen molar-refractivity contribution in [2.45, 2.75) is 12.5 Å². The summed E-state index contributed by atoms with van der Waals surface area (Å²) in [6.45, 7) is -0.555. The Labute approximate surface area is 164 Å². The Morgan fingerprint density at radius 2 is 2.00 bits per heavy atom. The third-order valence-electron chi connectivity index (χ3n) is 4.61. The van der Waals surface area contributed by atoms with Crippen molar-refractivity contribution in [1.29, 1.82) is 5.26 Å². The van der Waals surface area contributed by atoms with E-state index < -0.39 is 18.0 Å². The molecule has 150 valence electrons. The van der Waals surface area contributed by atoms with Crippen LogP contribution in [0.5, 0.6) is 28.7 Å². The van der Waals surface area contributed by atoms with Gasteiger partial charge in [-0.3, -0.25) is 4.79 Å². The molecule has 1 aromatic heterocycles. The molecule has 0 saturated heterocycles. The Kier molecular flexibility index (Phi) is 4.44. The number of aliphatic hydroxyl groups excluding tert-OH is 1. The van der Waals surface area contributed by atoms with E-state index >= 15 is 0 Å². The number of fused-ring (bicyclic) bond motifs is 2. The van der Waals surface area contributed by atoms with Crippen molar-refractivity contribution in [3.8, 4) is 34.8 Å². The molecular weight excluding hydrogens is 384 g/mol. The minimum atomic E-state index is -0.971. The van der Waals surface area contributed by atoms with Gasteiger partial charge in [0.1, 0.15) is 24.0 Å². The average Bonchev–Trinajstić information content (AvgIpc) is 3.21. The number of hydrogen-bond donors (Lipinski definition) is 2. The molecule has 4 rings (SSSR count). The molecule has 0 saturated carbocycles. The first-order chi connectivity index (χ1) is 14.0. The predicted molar refractivity (Wildman–Crippen MR) is 95.9 cm³/mol. The van der Waals surface area contributed by atoms with E-state index in [0.717, 1.165) is 6.07 Å². The third-order valence-corrected chi connectivity index (χ3v) is 4.61. The van der Waals surface area contributed by atoms with Crippen LogP contribution in [0.3, 0.4) is 0 Å². The molecular formula is C19H16N2O8. The normalized spacial score (nSPS) is 16.7. The first kappa shape index (κ1) is 18.5. The van der Waals surface area contributed by atoms with Crippen LogP contribution in [0.25, 0.3) is 0 Å². The van der Waals surface area contributed by atoms with Gasteiger partial charge in [-0.2, -0.15) is 5.26 Å². The van der Waals surface area contributed by atoms with Gasteiger partial charge in [-0.1, -0.05) is 0 Å². The zero-order valence-corrected chi connectivity index (χ0v) is 15.5. The lowest BCUT2D eigenvalue weighted by Crippen LogP contribution is -2.25. The Morgan fingerprint density at radius 3 is 2.66 bits per heavy atom. The number of hydrogen-bond acceptors (Lipinski definition) is 10. The Hall–Kier alpha value is -3.84. The van der Waals surface area contributed by atoms with Crippen LogP contribution in [0.2, 0.25) is 0 Å². The van der Waals surface area contributed by atoms with Gasteiger partial charge in [-0.05, 0) is 6.07 Å². The second-order valence-electron chi connectivity index (χ2n) is 6.12. The number of benzene rings is 1. The predicted octanol–water partition coefficient (Wildman–Crippen LogP) is 1.10. The summed E-state index contributed by atoms with van der Waals surface area (Å²) in [7, 11) is 2.87.